The third kappa shape index (κ3) is 1.23. The highest BCUT2D eigenvalue weighted by molar-refractivity contribution is 6.23. The summed E-state index contributed by atoms with van der Waals surface area (Å²) in [6.45, 7) is 1.89. The highest BCUT2D eigenvalue weighted by Gasteiger charge is 2.13. The molecule has 0 atom stereocenters. The molecule has 0 saturated heterocycles. The Morgan fingerprint density at radius 3 is 2.64 bits per heavy atom. The van der Waals surface area contributed by atoms with Crippen molar-refractivity contribution in [1.82, 2.24) is 0 Å². The molecule has 0 unspecified atom stereocenters. The zero-order valence-corrected chi connectivity index (χ0v) is 6.05. The van der Waals surface area contributed by atoms with Gasteiger partial charge in [0, 0.05) is 12.3 Å². The van der Waals surface area contributed by atoms with Crippen molar-refractivity contribution < 1.29 is 0 Å². The summed E-state index contributed by atoms with van der Waals surface area (Å²) >= 11 is 0. The standard InChI is InChI=1S/C7H6N4/c1-2-7-10-5(3-8)6(4-9)11-7/h8H,2H2,1H3. The predicted molar refractivity (Wildman–Crippen MR) is 42.0 cm³/mol. The lowest BCUT2D eigenvalue weighted by Crippen LogP contribution is -1.92. The highest BCUT2D eigenvalue weighted by atomic mass is 15.0. The van der Waals surface area contributed by atoms with E-state index < -0.39 is 0 Å². The second-order valence-electron chi connectivity index (χ2n) is 1.93. The SMILES string of the molecule is CCC1=NC(=C=N)C(C#N)=N1. The van der Waals surface area contributed by atoms with Crippen LogP contribution in [0.2, 0.25) is 0 Å². The highest BCUT2D eigenvalue weighted by Crippen LogP contribution is 2.08. The molecular formula is C7H6N4. The van der Waals surface area contributed by atoms with E-state index in [1.54, 1.807) is 0 Å². The summed E-state index contributed by atoms with van der Waals surface area (Å²) in [6.07, 6.45) is 0.677. The van der Waals surface area contributed by atoms with Crippen LogP contribution < -0.4 is 0 Å². The smallest absolute Gasteiger partial charge is 0.177 e. The number of allylic oxidation sites excluding steroid dienone is 1. The Bertz CT molecular complexity index is 323. The van der Waals surface area contributed by atoms with Gasteiger partial charge in [-0.3, -0.25) is 5.41 Å². The van der Waals surface area contributed by atoms with Crippen LogP contribution in [0.3, 0.4) is 0 Å². The third-order valence-corrected chi connectivity index (χ3v) is 1.25. The molecule has 1 aliphatic rings. The molecule has 0 aromatic carbocycles. The van der Waals surface area contributed by atoms with Crippen LogP contribution in [0.25, 0.3) is 0 Å². The molecular weight excluding hydrogens is 140 g/mol. The summed E-state index contributed by atoms with van der Waals surface area (Å²) in [7, 11) is 0. The largest absolute Gasteiger partial charge is 0.257 e. The first-order valence-corrected chi connectivity index (χ1v) is 3.18. The van der Waals surface area contributed by atoms with Gasteiger partial charge in [0.15, 0.2) is 11.4 Å². The number of hydrogen-bond acceptors (Lipinski definition) is 4. The first kappa shape index (κ1) is 7.39. The minimum atomic E-state index is 0.192. The number of nitrogens with zero attached hydrogens (tertiary/aromatic N) is 3. The van der Waals surface area contributed by atoms with Crippen molar-refractivity contribution in [2.75, 3.05) is 0 Å². The number of aliphatic imine (C=N–C) groups is 2. The van der Waals surface area contributed by atoms with E-state index in [1.807, 2.05) is 13.0 Å². The van der Waals surface area contributed by atoms with Crippen LogP contribution in [0.15, 0.2) is 15.7 Å². The quantitative estimate of drug-likeness (QED) is 0.548. The van der Waals surface area contributed by atoms with Crippen molar-refractivity contribution in [3.63, 3.8) is 0 Å². The van der Waals surface area contributed by atoms with E-state index in [2.05, 4.69) is 15.9 Å². The van der Waals surface area contributed by atoms with Crippen molar-refractivity contribution in [1.29, 1.82) is 10.7 Å². The Kier molecular flexibility index (Phi) is 1.95. The first-order valence-electron chi connectivity index (χ1n) is 3.18. The molecule has 54 valence electrons. The van der Waals surface area contributed by atoms with Crippen LogP contribution in [-0.2, 0) is 0 Å². The van der Waals surface area contributed by atoms with Gasteiger partial charge in [-0.25, -0.2) is 9.98 Å². The molecule has 0 bridgehead atoms. The van der Waals surface area contributed by atoms with Crippen molar-refractivity contribution in [3.05, 3.63) is 5.70 Å². The van der Waals surface area contributed by atoms with Gasteiger partial charge in [-0.1, -0.05) is 6.92 Å². The summed E-state index contributed by atoms with van der Waals surface area (Å²) < 4.78 is 0. The molecule has 0 spiro atoms. The summed E-state index contributed by atoms with van der Waals surface area (Å²) in [4.78, 5) is 7.75. The third-order valence-electron chi connectivity index (χ3n) is 1.25. The maximum absolute atomic E-state index is 8.48. The number of rotatable bonds is 1. The Labute approximate surface area is 64.1 Å². The van der Waals surface area contributed by atoms with Crippen LogP contribution >= 0.6 is 0 Å². The summed E-state index contributed by atoms with van der Waals surface area (Å²) in [5, 5.41) is 15.3. The van der Waals surface area contributed by atoms with E-state index >= 15 is 0 Å². The topological polar surface area (TPSA) is 72.4 Å². The Hall–Kier alpha value is -1.72. The molecule has 4 heteroatoms. The lowest BCUT2D eigenvalue weighted by atomic mass is 10.3. The minimum absolute atomic E-state index is 0.192. The fourth-order valence-corrected chi connectivity index (χ4v) is 0.712. The maximum atomic E-state index is 8.48. The van der Waals surface area contributed by atoms with Gasteiger partial charge in [-0.05, 0) is 0 Å². The van der Waals surface area contributed by atoms with Gasteiger partial charge in [0.05, 0.1) is 0 Å². The molecule has 0 fully saturated rings. The van der Waals surface area contributed by atoms with Gasteiger partial charge < -0.3 is 0 Å². The van der Waals surface area contributed by atoms with Crippen molar-refractivity contribution >= 4 is 17.4 Å². The molecule has 0 saturated carbocycles. The Morgan fingerprint density at radius 1 is 1.55 bits per heavy atom. The van der Waals surface area contributed by atoms with E-state index in [0.717, 1.165) is 0 Å². The molecule has 0 amide bonds. The molecule has 0 aromatic rings. The molecule has 0 radical (unpaired) electrons. The number of amidine groups is 1. The van der Waals surface area contributed by atoms with Gasteiger partial charge in [0.25, 0.3) is 0 Å². The lowest BCUT2D eigenvalue weighted by molar-refractivity contribution is 1.25. The number of nitrogens with one attached hydrogen (secondary N) is 1. The zero-order chi connectivity index (χ0) is 8.27. The molecule has 11 heavy (non-hydrogen) atoms. The first-order chi connectivity index (χ1) is 5.31. The molecule has 1 aliphatic heterocycles. The van der Waals surface area contributed by atoms with Gasteiger partial charge in [-0.15, -0.1) is 0 Å². The van der Waals surface area contributed by atoms with Gasteiger partial charge in [0.2, 0.25) is 0 Å². The molecule has 1 N–H and O–H groups in total. The monoisotopic (exact) mass is 146 g/mol. The number of nitriles is 1. The molecule has 1 rings (SSSR count). The Morgan fingerprint density at radius 2 is 2.27 bits per heavy atom. The van der Waals surface area contributed by atoms with Crippen LogP contribution in [0, 0.1) is 16.7 Å². The lowest BCUT2D eigenvalue weighted by Gasteiger charge is -1.81. The van der Waals surface area contributed by atoms with E-state index in [1.165, 1.54) is 0 Å². The second kappa shape index (κ2) is 2.91. The minimum Gasteiger partial charge on any atom is -0.257 e. The van der Waals surface area contributed by atoms with E-state index in [0.29, 0.717) is 12.3 Å². The molecule has 0 aromatic heterocycles. The van der Waals surface area contributed by atoms with Crippen LogP contribution in [0.1, 0.15) is 13.3 Å². The normalized spacial score (nSPS) is 15.1. The maximum Gasteiger partial charge on any atom is 0.177 e. The summed E-state index contributed by atoms with van der Waals surface area (Å²) in [6, 6.07) is 1.85. The summed E-state index contributed by atoms with van der Waals surface area (Å²) in [5.74, 6) is 2.65. The van der Waals surface area contributed by atoms with Crippen molar-refractivity contribution in [2.24, 2.45) is 9.98 Å². The fraction of sp³-hybridized carbons (Fsp3) is 0.286. The molecule has 0 aliphatic carbocycles. The summed E-state index contributed by atoms with van der Waals surface area (Å²) in [5.41, 5.74) is 0.432. The number of hydrogen-bond donors (Lipinski definition) is 1. The molecule has 1 heterocycles. The van der Waals surface area contributed by atoms with Crippen LogP contribution in [-0.4, -0.2) is 17.4 Å². The average molecular weight is 146 g/mol. The molecule has 4 nitrogen and oxygen atoms in total. The zero-order valence-electron chi connectivity index (χ0n) is 6.05. The fourth-order valence-electron chi connectivity index (χ4n) is 0.712. The van der Waals surface area contributed by atoms with E-state index in [4.69, 9.17) is 10.7 Å². The van der Waals surface area contributed by atoms with Crippen molar-refractivity contribution in [2.45, 2.75) is 13.3 Å². The van der Waals surface area contributed by atoms with E-state index in [-0.39, 0.29) is 11.4 Å². The predicted octanol–water partition coefficient (Wildman–Crippen LogP) is 0.905. The van der Waals surface area contributed by atoms with Gasteiger partial charge in [-0.2, -0.15) is 5.26 Å². The van der Waals surface area contributed by atoms with Crippen LogP contribution in [0.5, 0.6) is 0 Å². The van der Waals surface area contributed by atoms with Gasteiger partial charge in [0.1, 0.15) is 11.9 Å². The Balaban J connectivity index is 3.07. The second-order valence-corrected chi connectivity index (χ2v) is 1.93. The van der Waals surface area contributed by atoms with E-state index in [9.17, 15) is 0 Å². The van der Waals surface area contributed by atoms with Crippen molar-refractivity contribution in [3.8, 4) is 6.07 Å². The van der Waals surface area contributed by atoms with Crippen LogP contribution in [0.4, 0.5) is 0 Å². The van der Waals surface area contributed by atoms with Gasteiger partial charge >= 0.3 is 0 Å². The average Bonchev–Trinajstić information content (AvgIpc) is 2.46.